The first-order chi connectivity index (χ1) is 8.66. The average Bonchev–Trinajstić information content (AvgIpc) is 3.01. The molecule has 2 heterocycles. The van der Waals surface area contributed by atoms with E-state index in [4.69, 9.17) is 13.6 Å². The number of hydrogen-bond acceptors (Lipinski definition) is 5. The average molecular weight is 250 g/mol. The molecule has 0 amide bonds. The lowest BCUT2D eigenvalue weighted by molar-refractivity contribution is -0.149. The van der Waals surface area contributed by atoms with E-state index in [2.05, 4.69) is 0 Å². The second-order valence-corrected chi connectivity index (χ2v) is 3.88. The Hall–Kier alpha value is -2.01. The number of aliphatic hydroxyl groups excluding tert-OH is 1. The van der Waals surface area contributed by atoms with Crippen LogP contribution in [-0.4, -0.2) is 11.1 Å². The van der Waals surface area contributed by atoms with Crippen molar-refractivity contribution >= 4 is 5.97 Å². The second-order valence-electron chi connectivity index (χ2n) is 3.88. The van der Waals surface area contributed by atoms with Crippen LogP contribution in [0.25, 0.3) is 0 Å². The highest BCUT2D eigenvalue weighted by molar-refractivity contribution is 5.66. The molecule has 0 saturated carbocycles. The van der Waals surface area contributed by atoms with Gasteiger partial charge in [0.05, 0.1) is 12.5 Å². The van der Waals surface area contributed by atoms with E-state index in [9.17, 15) is 9.90 Å². The van der Waals surface area contributed by atoms with Crippen LogP contribution >= 0.6 is 0 Å². The van der Waals surface area contributed by atoms with Crippen molar-refractivity contribution < 1.29 is 23.5 Å². The standard InChI is InChI=1S/C13H14O5/c1-9(14)18-13(12-5-3-7-17-12)8-10(15)11-4-2-6-16-11/h2-7,10,13,15H,8H2,1H3/t10-,13+/m0/s1. The van der Waals surface area contributed by atoms with Gasteiger partial charge in [0.15, 0.2) is 6.10 Å². The number of carbonyl (C=O) groups excluding carboxylic acids is 1. The highest BCUT2D eigenvalue weighted by Gasteiger charge is 2.23. The SMILES string of the molecule is CC(=O)O[C@H](C[C@H](O)c1ccco1)c1ccco1. The zero-order valence-corrected chi connectivity index (χ0v) is 9.91. The zero-order valence-electron chi connectivity index (χ0n) is 9.91. The maximum atomic E-state index is 11.0. The normalized spacial score (nSPS) is 14.1. The fourth-order valence-electron chi connectivity index (χ4n) is 1.70. The summed E-state index contributed by atoms with van der Waals surface area (Å²) in [5.41, 5.74) is 0. The largest absolute Gasteiger partial charge is 0.467 e. The zero-order chi connectivity index (χ0) is 13.0. The van der Waals surface area contributed by atoms with Crippen LogP contribution in [0.3, 0.4) is 0 Å². The summed E-state index contributed by atoms with van der Waals surface area (Å²) in [6.07, 6.45) is 1.67. The summed E-state index contributed by atoms with van der Waals surface area (Å²) in [5.74, 6) is 0.498. The van der Waals surface area contributed by atoms with E-state index in [0.29, 0.717) is 11.5 Å². The monoisotopic (exact) mass is 250 g/mol. The molecule has 0 aliphatic heterocycles. The molecule has 18 heavy (non-hydrogen) atoms. The lowest BCUT2D eigenvalue weighted by atomic mass is 10.1. The molecule has 0 aliphatic rings. The van der Waals surface area contributed by atoms with E-state index < -0.39 is 18.2 Å². The molecular formula is C13H14O5. The van der Waals surface area contributed by atoms with Crippen molar-refractivity contribution in [3.8, 4) is 0 Å². The molecule has 1 N–H and O–H groups in total. The Morgan fingerprint density at radius 1 is 1.28 bits per heavy atom. The van der Waals surface area contributed by atoms with E-state index in [0.717, 1.165) is 0 Å². The van der Waals surface area contributed by atoms with Gasteiger partial charge in [-0.25, -0.2) is 0 Å². The summed E-state index contributed by atoms with van der Waals surface area (Å²) in [7, 11) is 0. The van der Waals surface area contributed by atoms with Gasteiger partial charge in [0.1, 0.15) is 17.6 Å². The molecular weight excluding hydrogens is 236 g/mol. The minimum absolute atomic E-state index is 0.181. The molecule has 2 rings (SSSR count). The van der Waals surface area contributed by atoms with Gasteiger partial charge in [-0.15, -0.1) is 0 Å². The van der Waals surface area contributed by atoms with Gasteiger partial charge in [0.2, 0.25) is 0 Å². The van der Waals surface area contributed by atoms with Crippen molar-refractivity contribution in [1.29, 1.82) is 0 Å². The van der Waals surface area contributed by atoms with Crippen LogP contribution in [0.1, 0.15) is 37.1 Å². The molecule has 0 aliphatic carbocycles. The molecule has 2 aromatic heterocycles. The topological polar surface area (TPSA) is 72.8 Å². The van der Waals surface area contributed by atoms with Crippen LogP contribution in [0.5, 0.6) is 0 Å². The third kappa shape index (κ3) is 3.01. The molecule has 0 radical (unpaired) electrons. The molecule has 5 nitrogen and oxygen atoms in total. The summed E-state index contributed by atoms with van der Waals surface area (Å²) in [4.78, 5) is 11.0. The van der Waals surface area contributed by atoms with Crippen molar-refractivity contribution in [2.24, 2.45) is 0 Å². The molecule has 2 aromatic rings. The van der Waals surface area contributed by atoms with Gasteiger partial charge in [0, 0.05) is 13.3 Å². The summed E-state index contributed by atoms with van der Waals surface area (Å²) >= 11 is 0. The highest BCUT2D eigenvalue weighted by Crippen LogP contribution is 2.29. The minimum atomic E-state index is -0.852. The Balaban J connectivity index is 2.08. The van der Waals surface area contributed by atoms with Gasteiger partial charge in [-0.3, -0.25) is 4.79 Å². The lowest BCUT2D eigenvalue weighted by Gasteiger charge is -2.17. The summed E-state index contributed by atoms with van der Waals surface area (Å²) in [5, 5.41) is 9.96. The number of rotatable bonds is 5. The van der Waals surface area contributed by atoms with Crippen LogP contribution < -0.4 is 0 Å². The molecule has 0 unspecified atom stereocenters. The predicted molar refractivity (Wildman–Crippen MR) is 61.5 cm³/mol. The van der Waals surface area contributed by atoms with Crippen molar-refractivity contribution in [3.63, 3.8) is 0 Å². The highest BCUT2D eigenvalue weighted by atomic mass is 16.6. The van der Waals surface area contributed by atoms with Crippen LogP contribution in [-0.2, 0) is 9.53 Å². The Bertz CT molecular complexity index is 471. The van der Waals surface area contributed by atoms with Crippen LogP contribution in [0.4, 0.5) is 0 Å². The minimum Gasteiger partial charge on any atom is -0.467 e. The number of aliphatic hydroxyl groups is 1. The summed E-state index contributed by atoms with van der Waals surface area (Å²) in [6.45, 7) is 1.31. The van der Waals surface area contributed by atoms with Crippen LogP contribution in [0, 0.1) is 0 Å². The third-order valence-corrected chi connectivity index (χ3v) is 2.48. The number of esters is 1. The van der Waals surface area contributed by atoms with Crippen LogP contribution in [0.2, 0.25) is 0 Å². The Morgan fingerprint density at radius 2 is 1.89 bits per heavy atom. The molecule has 96 valence electrons. The second kappa shape index (κ2) is 5.55. The molecule has 0 spiro atoms. The number of ether oxygens (including phenoxy) is 1. The first kappa shape index (κ1) is 12.4. The molecule has 0 aromatic carbocycles. The summed E-state index contributed by atoms with van der Waals surface area (Å²) < 4.78 is 15.4. The van der Waals surface area contributed by atoms with Gasteiger partial charge >= 0.3 is 5.97 Å². The van der Waals surface area contributed by atoms with Gasteiger partial charge in [-0.2, -0.15) is 0 Å². The fourth-order valence-corrected chi connectivity index (χ4v) is 1.70. The maximum absolute atomic E-state index is 11.0. The molecule has 0 saturated heterocycles. The van der Waals surface area contributed by atoms with Gasteiger partial charge in [-0.1, -0.05) is 0 Å². The number of carbonyl (C=O) groups is 1. The van der Waals surface area contributed by atoms with E-state index >= 15 is 0 Å². The summed E-state index contributed by atoms with van der Waals surface area (Å²) in [6, 6.07) is 6.75. The molecule has 0 bridgehead atoms. The van der Waals surface area contributed by atoms with E-state index in [1.165, 1.54) is 19.5 Å². The predicted octanol–water partition coefficient (Wildman–Crippen LogP) is 2.60. The smallest absolute Gasteiger partial charge is 0.303 e. The molecule has 2 atom stereocenters. The first-order valence-electron chi connectivity index (χ1n) is 5.59. The maximum Gasteiger partial charge on any atom is 0.303 e. The van der Waals surface area contributed by atoms with Gasteiger partial charge in [0.25, 0.3) is 0 Å². The van der Waals surface area contributed by atoms with E-state index in [1.807, 2.05) is 0 Å². The molecule has 0 fully saturated rings. The Kier molecular flexibility index (Phi) is 3.84. The van der Waals surface area contributed by atoms with Crippen molar-refractivity contribution in [3.05, 3.63) is 48.3 Å². The van der Waals surface area contributed by atoms with Gasteiger partial charge < -0.3 is 18.7 Å². The van der Waals surface area contributed by atoms with E-state index in [1.54, 1.807) is 24.3 Å². The molecule has 5 heteroatoms. The fraction of sp³-hybridized carbons (Fsp3) is 0.308. The third-order valence-electron chi connectivity index (χ3n) is 2.48. The van der Waals surface area contributed by atoms with E-state index in [-0.39, 0.29) is 6.42 Å². The Morgan fingerprint density at radius 3 is 2.39 bits per heavy atom. The van der Waals surface area contributed by atoms with Crippen molar-refractivity contribution in [2.45, 2.75) is 25.6 Å². The van der Waals surface area contributed by atoms with Crippen molar-refractivity contribution in [2.75, 3.05) is 0 Å². The number of furan rings is 2. The first-order valence-corrected chi connectivity index (χ1v) is 5.59. The van der Waals surface area contributed by atoms with Crippen molar-refractivity contribution in [1.82, 2.24) is 0 Å². The Labute approximate surface area is 104 Å². The quantitative estimate of drug-likeness (QED) is 0.826. The van der Waals surface area contributed by atoms with Gasteiger partial charge in [-0.05, 0) is 24.3 Å². The lowest BCUT2D eigenvalue weighted by Crippen LogP contribution is -2.11. The number of hydrogen-bond donors (Lipinski definition) is 1. The van der Waals surface area contributed by atoms with Crippen LogP contribution in [0.15, 0.2) is 45.6 Å².